The molecular formula is C15H26N2O3. The molecule has 0 aromatic heterocycles. The van der Waals surface area contributed by atoms with E-state index in [0.717, 1.165) is 58.0 Å². The second-order valence-electron chi connectivity index (χ2n) is 6.24. The molecule has 2 aliphatic rings. The van der Waals surface area contributed by atoms with E-state index in [9.17, 15) is 9.59 Å². The highest BCUT2D eigenvalue weighted by molar-refractivity contribution is 5.77. The van der Waals surface area contributed by atoms with Crippen molar-refractivity contribution in [1.82, 2.24) is 10.2 Å². The monoisotopic (exact) mass is 282 g/mol. The normalized spacial score (nSPS) is 22.9. The van der Waals surface area contributed by atoms with Crippen molar-refractivity contribution in [2.24, 2.45) is 0 Å². The molecule has 114 valence electrons. The van der Waals surface area contributed by atoms with Crippen LogP contribution in [0.3, 0.4) is 0 Å². The largest absolute Gasteiger partial charge is 0.481 e. The van der Waals surface area contributed by atoms with Gasteiger partial charge in [0.15, 0.2) is 0 Å². The van der Waals surface area contributed by atoms with Gasteiger partial charge in [-0.25, -0.2) is 4.79 Å². The van der Waals surface area contributed by atoms with Crippen molar-refractivity contribution in [2.75, 3.05) is 13.1 Å². The number of carboxylic acid groups (broad SMARTS) is 1. The molecule has 5 heteroatoms. The topological polar surface area (TPSA) is 69.6 Å². The number of likely N-dealkylation sites (tertiary alicyclic amines) is 1. The lowest BCUT2D eigenvalue weighted by molar-refractivity contribution is -0.139. The third-order valence-electron chi connectivity index (χ3n) is 4.57. The molecule has 2 rings (SSSR count). The number of carbonyl (C=O) groups is 2. The van der Waals surface area contributed by atoms with Gasteiger partial charge in [0.1, 0.15) is 0 Å². The second kappa shape index (κ2) is 6.95. The van der Waals surface area contributed by atoms with Gasteiger partial charge in [-0.05, 0) is 25.7 Å². The van der Waals surface area contributed by atoms with Gasteiger partial charge in [-0.2, -0.15) is 0 Å². The molecule has 0 radical (unpaired) electrons. The lowest BCUT2D eigenvalue weighted by Crippen LogP contribution is -2.55. The SMILES string of the molecule is O=C(O)CC1(NC(=O)N2CCCCCC2)CCCCC1. The van der Waals surface area contributed by atoms with Gasteiger partial charge in [-0.1, -0.05) is 32.1 Å². The Hall–Kier alpha value is -1.26. The fourth-order valence-electron chi connectivity index (χ4n) is 3.44. The molecule has 1 saturated carbocycles. The summed E-state index contributed by atoms with van der Waals surface area (Å²) in [7, 11) is 0. The smallest absolute Gasteiger partial charge is 0.317 e. The van der Waals surface area contributed by atoms with Crippen molar-refractivity contribution >= 4 is 12.0 Å². The molecule has 0 unspecified atom stereocenters. The van der Waals surface area contributed by atoms with Crippen molar-refractivity contribution in [3.63, 3.8) is 0 Å². The highest BCUT2D eigenvalue weighted by Crippen LogP contribution is 2.31. The fraction of sp³-hybridized carbons (Fsp3) is 0.867. The van der Waals surface area contributed by atoms with E-state index in [0.29, 0.717) is 0 Å². The van der Waals surface area contributed by atoms with E-state index in [2.05, 4.69) is 5.32 Å². The number of aliphatic carboxylic acids is 1. The summed E-state index contributed by atoms with van der Waals surface area (Å²) in [5.41, 5.74) is -0.520. The summed E-state index contributed by atoms with van der Waals surface area (Å²) in [6.45, 7) is 1.60. The number of carboxylic acids is 1. The van der Waals surface area contributed by atoms with E-state index >= 15 is 0 Å². The summed E-state index contributed by atoms with van der Waals surface area (Å²) < 4.78 is 0. The van der Waals surface area contributed by atoms with Gasteiger partial charge in [0.05, 0.1) is 12.0 Å². The maximum Gasteiger partial charge on any atom is 0.317 e. The Morgan fingerprint density at radius 3 is 2.05 bits per heavy atom. The van der Waals surface area contributed by atoms with Crippen molar-refractivity contribution in [1.29, 1.82) is 0 Å². The van der Waals surface area contributed by atoms with Crippen molar-refractivity contribution in [2.45, 2.75) is 69.7 Å². The lowest BCUT2D eigenvalue weighted by Gasteiger charge is -2.38. The summed E-state index contributed by atoms with van der Waals surface area (Å²) in [6.07, 6.45) is 9.26. The number of nitrogens with one attached hydrogen (secondary N) is 1. The van der Waals surface area contributed by atoms with E-state index in [1.807, 2.05) is 4.90 Å². The van der Waals surface area contributed by atoms with Crippen LogP contribution in [0.15, 0.2) is 0 Å². The predicted molar refractivity (Wildman–Crippen MR) is 76.6 cm³/mol. The van der Waals surface area contributed by atoms with E-state index in [1.165, 1.54) is 12.8 Å². The molecule has 2 fully saturated rings. The highest BCUT2D eigenvalue weighted by atomic mass is 16.4. The summed E-state index contributed by atoms with van der Waals surface area (Å²) in [5.74, 6) is -0.817. The molecule has 2 N–H and O–H groups in total. The van der Waals surface area contributed by atoms with Crippen molar-refractivity contribution in [3.05, 3.63) is 0 Å². The highest BCUT2D eigenvalue weighted by Gasteiger charge is 2.36. The standard InChI is InChI=1S/C15H26N2O3/c18-13(19)12-15(8-4-3-5-9-15)16-14(20)17-10-6-1-2-7-11-17/h1-12H2,(H,16,20)(H,18,19). The van der Waals surface area contributed by atoms with Crippen LogP contribution in [0.25, 0.3) is 0 Å². The summed E-state index contributed by atoms with van der Waals surface area (Å²) in [5, 5.41) is 12.2. The molecule has 0 spiro atoms. The van der Waals surface area contributed by atoms with Gasteiger partial charge < -0.3 is 15.3 Å². The Bertz CT molecular complexity index is 343. The van der Waals surface area contributed by atoms with Crippen LogP contribution in [0, 0.1) is 0 Å². The van der Waals surface area contributed by atoms with Crippen LogP contribution in [0.4, 0.5) is 4.79 Å². The van der Waals surface area contributed by atoms with E-state index < -0.39 is 11.5 Å². The van der Waals surface area contributed by atoms with Crippen LogP contribution in [-0.2, 0) is 4.79 Å². The molecule has 0 bridgehead atoms. The molecular weight excluding hydrogens is 256 g/mol. The van der Waals surface area contributed by atoms with E-state index in [1.54, 1.807) is 0 Å². The minimum absolute atomic E-state index is 0.0482. The molecule has 0 aromatic carbocycles. The van der Waals surface area contributed by atoms with Crippen molar-refractivity contribution < 1.29 is 14.7 Å². The Kier molecular flexibility index (Phi) is 5.26. The number of hydrogen-bond acceptors (Lipinski definition) is 2. The summed E-state index contributed by atoms with van der Waals surface area (Å²) in [4.78, 5) is 25.4. The van der Waals surface area contributed by atoms with Gasteiger partial charge in [-0.15, -0.1) is 0 Å². The van der Waals surface area contributed by atoms with Crippen LogP contribution in [0.5, 0.6) is 0 Å². The Morgan fingerprint density at radius 2 is 1.50 bits per heavy atom. The number of nitrogens with zero attached hydrogens (tertiary/aromatic N) is 1. The zero-order valence-electron chi connectivity index (χ0n) is 12.2. The first-order valence-electron chi connectivity index (χ1n) is 7.90. The summed E-state index contributed by atoms with van der Waals surface area (Å²) >= 11 is 0. The van der Waals surface area contributed by atoms with Gasteiger partial charge in [-0.3, -0.25) is 4.79 Å². The quantitative estimate of drug-likeness (QED) is 0.836. The van der Waals surface area contributed by atoms with Crippen LogP contribution < -0.4 is 5.32 Å². The molecule has 1 heterocycles. The van der Waals surface area contributed by atoms with Gasteiger partial charge in [0, 0.05) is 13.1 Å². The van der Waals surface area contributed by atoms with Crippen LogP contribution in [-0.4, -0.2) is 40.6 Å². The first-order chi connectivity index (χ1) is 9.61. The number of hydrogen-bond donors (Lipinski definition) is 2. The molecule has 1 saturated heterocycles. The van der Waals surface area contributed by atoms with E-state index in [-0.39, 0.29) is 12.5 Å². The number of rotatable bonds is 3. The first kappa shape index (κ1) is 15.1. The minimum Gasteiger partial charge on any atom is -0.481 e. The zero-order valence-corrected chi connectivity index (χ0v) is 12.2. The Labute approximate surface area is 120 Å². The number of urea groups is 1. The molecule has 0 atom stereocenters. The van der Waals surface area contributed by atoms with E-state index in [4.69, 9.17) is 5.11 Å². The van der Waals surface area contributed by atoms with Crippen LogP contribution >= 0.6 is 0 Å². The third kappa shape index (κ3) is 4.12. The molecule has 1 aliphatic heterocycles. The maximum atomic E-state index is 12.4. The van der Waals surface area contributed by atoms with Crippen LogP contribution in [0.2, 0.25) is 0 Å². The number of carbonyl (C=O) groups excluding carboxylic acids is 1. The lowest BCUT2D eigenvalue weighted by atomic mass is 9.79. The fourth-order valence-corrected chi connectivity index (χ4v) is 3.44. The van der Waals surface area contributed by atoms with Gasteiger partial charge >= 0.3 is 12.0 Å². The maximum absolute atomic E-state index is 12.4. The minimum atomic E-state index is -0.817. The first-order valence-corrected chi connectivity index (χ1v) is 7.90. The summed E-state index contributed by atoms with van der Waals surface area (Å²) in [6, 6.07) is -0.0601. The Balaban J connectivity index is 1.98. The molecule has 1 aliphatic carbocycles. The number of amides is 2. The average Bonchev–Trinajstić information content (AvgIpc) is 2.67. The molecule has 0 aromatic rings. The second-order valence-corrected chi connectivity index (χ2v) is 6.24. The third-order valence-corrected chi connectivity index (χ3v) is 4.57. The Morgan fingerprint density at radius 1 is 0.950 bits per heavy atom. The van der Waals surface area contributed by atoms with Gasteiger partial charge in [0.2, 0.25) is 0 Å². The molecule has 20 heavy (non-hydrogen) atoms. The van der Waals surface area contributed by atoms with Crippen LogP contribution in [0.1, 0.15) is 64.2 Å². The predicted octanol–water partition coefficient (Wildman–Crippen LogP) is 2.75. The van der Waals surface area contributed by atoms with Gasteiger partial charge in [0.25, 0.3) is 0 Å². The zero-order chi connectivity index (χ0) is 14.4. The molecule has 2 amide bonds. The van der Waals surface area contributed by atoms with Crippen molar-refractivity contribution in [3.8, 4) is 0 Å². The average molecular weight is 282 g/mol. The molecule has 5 nitrogen and oxygen atoms in total.